The molecule has 2 saturated heterocycles. The third-order valence-corrected chi connectivity index (χ3v) is 6.70. The van der Waals surface area contributed by atoms with Crippen molar-refractivity contribution in [3.05, 3.63) is 57.4 Å². The highest BCUT2D eigenvalue weighted by Gasteiger charge is 2.51. The average molecular weight is 496 g/mol. The highest BCUT2D eigenvalue weighted by Crippen LogP contribution is 2.42. The highest BCUT2D eigenvalue weighted by atomic mass is 35.5. The summed E-state index contributed by atoms with van der Waals surface area (Å²) >= 11 is 5.86. The number of nitrogens with zero attached hydrogens (tertiary/aromatic N) is 5. The van der Waals surface area contributed by atoms with Crippen LogP contribution in [0.15, 0.2) is 39.9 Å². The van der Waals surface area contributed by atoms with E-state index in [1.807, 2.05) is 4.90 Å². The van der Waals surface area contributed by atoms with Crippen LogP contribution >= 0.6 is 11.6 Å². The Kier molecular flexibility index (Phi) is 5.64. The van der Waals surface area contributed by atoms with E-state index >= 15 is 0 Å². The molecule has 1 atom stereocenters. The van der Waals surface area contributed by atoms with Crippen molar-refractivity contribution in [3.63, 3.8) is 0 Å². The molecule has 0 saturated carbocycles. The molecular weight excluding hydrogens is 475 g/mol. The number of pyridine rings is 1. The number of hydrogen-bond acceptors (Lipinski definition) is 7. The van der Waals surface area contributed by atoms with E-state index in [0.29, 0.717) is 52.9 Å². The van der Waals surface area contributed by atoms with E-state index < -0.39 is 17.7 Å². The number of aryl methyl sites for hydroxylation is 1. The summed E-state index contributed by atoms with van der Waals surface area (Å²) in [6.07, 6.45) is -0.686. The molecule has 12 heteroatoms. The third-order valence-electron chi connectivity index (χ3n) is 6.47. The van der Waals surface area contributed by atoms with E-state index in [1.54, 1.807) is 31.5 Å². The molecule has 2 aliphatic rings. The van der Waals surface area contributed by atoms with Crippen LogP contribution in [0.1, 0.15) is 24.2 Å². The van der Waals surface area contributed by atoms with Crippen LogP contribution in [-0.2, 0) is 11.3 Å². The SMILES string of the molecule is Cc1onc(-c2ccc(Cl)nc2)c1Cn1ncc(N2CC3(CCC(C(F)(F)F)CO3)C2)cc1=O. The van der Waals surface area contributed by atoms with Crippen LogP contribution in [0.2, 0.25) is 5.15 Å². The molecule has 0 aliphatic carbocycles. The molecule has 1 spiro atoms. The number of anilines is 1. The lowest BCUT2D eigenvalue weighted by molar-refractivity contribution is -0.227. The first-order valence-electron chi connectivity index (χ1n) is 10.7. The fourth-order valence-corrected chi connectivity index (χ4v) is 4.51. The number of hydrogen-bond donors (Lipinski definition) is 0. The van der Waals surface area contributed by atoms with Crippen molar-refractivity contribution in [2.75, 3.05) is 24.6 Å². The van der Waals surface area contributed by atoms with Gasteiger partial charge in [-0.25, -0.2) is 9.67 Å². The van der Waals surface area contributed by atoms with Gasteiger partial charge in [0, 0.05) is 36.5 Å². The number of ether oxygens (including phenoxy) is 1. The second kappa shape index (κ2) is 8.38. The molecule has 2 aliphatic heterocycles. The fraction of sp³-hybridized carbons (Fsp3) is 0.455. The van der Waals surface area contributed by atoms with Gasteiger partial charge in [-0.2, -0.15) is 18.3 Å². The number of alkyl halides is 3. The van der Waals surface area contributed by atoms with Crippen LogP contribution in [-0.4, -0.2) is 51.4 Å². The van der Waals surface area contributed by atoms with Gasteiger partial charge in [-0.1, -0.05) is 16.8 Å². The molecule has 0 bridgehead atoms. The van der Waals surface area contributed by atoms with Gasteiger partial charge in [-0.05, 0) is 31.9 Å². The zero-order valence-corrected chi connectivity index (χ0v) is 18.9. The predicted octanol–water partition coefficient (Wildman–Crippen LogP) is 3.85. The summed E-state index contributed by atoms with van der Waals surface area (Å²) in [6.45, 7) is 2.45. The molecular formula is C22H21ClF3N5O3. The molecule has 5 rings (SSSR count). The van der Waals surface area contributed by atoms with E-state index in [0.717, 1.165) is 0 Å². The normalized spacial score (nSPS) is 19.9. The molecule has 0 N–H and O–H groups in total. The van der Waals surface area contributed by atoms with Crippen LogP contribution in [0.4, 0.5) is 18.9 Å². The van der Waals surface area contributed by atoms with Gasteiger partial charge in [0.1, 0.15) is 22.2 Å². The van der Waals surface area contributed by atoms with Gasteiger partial charge in [0.15, 0.2) is 0 Å². The van der Waals surface area contributed by atoms with Gasteiger partial charge in [-0.15, -0.1) is 0 Å². The van der Waals surface area contributed by atoms with Crippen LogP contribution < -0.4 is 10.5 Å². The Morgan fingerprint density at radius 1 is 1.26 bits per heavy atom. The first kappa shape index (κ1) is 22.9. The second-order valence-electron chi connectivity index (χ2n) is 8.77. The maximum atomic E-state index is 12.9. The largest absolute Gasteiger partial charge is 0.394 e. The van der Waals surface area contributed by atoms with Crippen molar-refractivity contribution < 1.29 is 22.4 Å². The zero-order chi connectivity index (χ0) is 24.1. The monoisotopic (exact) mass is 495 g/mol. The van der Waals surface area contributed by atoms with Crippen molar-refractivity contribution in [2.45, 2.75) is 38.1 Å². The van der Waals surface area contributed by atoms with Gasteiger partial charge in [0.05, 0.1) is 31.0 Å². The lowest BCUT2D eigenvalue weighted by atomic mass is 9.82. The second-order valence-corrected chi connectivity index (χ2v) is 9.16. The quantitative estimate of drug-likeness (QED) is 0.508. The molecule has 3 aromatic rings. The summed E-state index contributed by atoms with van der Waals surface area (Å²) in [4.78, 5) is 18.7. The van der Waals surface area contributed by atoms with Crippen molar-refractivity contribution in [2.24, 2.45) is 5.92 Å². The standard InChI is InChI=1S/C22H21ClF3N5O3/c1-13-17(20(29-34-13)14-2-3-18(23)27-7-14)9-31-19(32)6-16(8-28-31)30-11-21(12-30)5-4-15(10-33-21)22(24,25)26/h2-3,6-8,15H,4-5,9-12H2,1H3. The minimum Gasteiger partial charge on any atom is -0.371 e. The molecule has 3 aromatic heterocycles. The smallest absolute Gasteiger partial charge is 0.371 e. The Morgan fingerprint density at radius 2 is 2.06 bits per heavy atom. The number of rotatable bonds is 4. The molecule has 0 radical (unpaired) electrons. The summed E-state index contributed by atoms with van der Waals surface area (Å²) in [5.74, 6) is -0.855. The zero-order valence-electron chi connectivity index (χ0n) is 18.2. The predicted molar refractivity (Wildman–Crippen MR) is 117 cm³/mol. The van der Waals surface area contributed by atoms with Crippen molar-refractivity contribution in [1.29, 1.82) is 0 Å². The minimum atomic E-state index is -4.23. The number of halogens is 4. The maximum Gasteiger partial charge on any atom is 0.394 e. The lowest BCUT2D eigenvalue weighted by Gasteiger charge is -2.53. The molecule has 0 aromatic carbocycles. The van der Waals surface area contributed by atoms with Gasteiger partial charge in [0.2, 0.25) is 0 Å². The van der Waals surface area contributed by atoms with Gasteiger partial charge in [0.25, 0.3) is 5.56 Å². The topological polar surface area (TPSA) is 86.3 Å². The van der Waals surface area contributed by atoms with Gasteiger partial charge >= 0.3 is 6.18 Å². The van der Waals surface area contributed by atoms with Crippen molar-refractivity contribution >= 4 is 17.3 Å². The maximum absolute atomic E-state index is 12.9. The fourth-order valence-electron chi connectivity index (χ4n) is 4.40. The Labute approximate surface area is 197 Å². The average Bonchev–Trinajstić information content (AvgIpc) is 3.13. The minimum absolute atomic E-state index is 0.0563. The summed E-state index contributed by atoms with van der Waals surface area (Å²) in [7, 11) is 0. The molecule has 180 valence electrons. The van der Waals surface area contributed by atoms with Gasteiger partial charge in [-0.3, -0.25) is 4.79 Å². The van der Waals surface area contributed by atoms with E-state index in [4.69, 9.17) is 20.9 Å². The van der Waals surface area contributed by atoms with E-state index in [1.165, 1.54) is 10.7 Å². The van der Waals surface area contributed by atoms with Crippen LogP contribution in [0.3, 0.4) is 0 Å². The van der Waals surface area contributed by atoms with Crippen LogP contribution in [0.25, 0.3) is 11.3 Å². The van der Waals surface area contributed by atoms with Crippen molar-refractivity contribution in [3.8, 4) is 11.3 Å². The first-order chi connectivity index (χ1) is 16.1. The Hall–Kier alpha value is -2.92. The van der Waals surface area contributed by atoms with Crippen molar-refractivity contribution in [1.82, 2.24) is 19.9 Å². The highest BCUT2D eigenvalue weighted by molar-refractivity contribution is 6.29. The Morgan fingerprint density at radius 3 is 2.68 bits per heavy atom. The summed E-state index contributed by atoms with van der Waals surface area (Å²) in [5, 5.41) is 8.73. The molecule has 5 heterocycles. The van der Waals surface area contributed by atoms with Gasteiger partial charge < -0.3 is 14.2 Å². The molecule has 34 heavy (non-hydrogen) atoms. The molecule has 1 unspecified atom stereocenters. The number of aromatic nitrogens is 4. The van der Waals surface area contributed by atoms with Crippen LogP contribution in [0.5, 0.6) is 0 Å². The van der Waals surface area contributed by atoms with Crippen LogP contribution in [0, 0.1) is 12.8 Å². The van der Waals surface area contributed by atoms with E-state index in [-0.39, 0.29) is 25.1 Å². The van der Waals surface area contributed by atoms with E-state index in [9.17, 15) is 18.0 Å². The first-order valence-corrected chi connectivity index (χ1v) is 11.1. The van der Waals surface area contributed by atoms with E-state index in [2.05, 4.69) is 15.2 Å². The lowest BCUT2D eigenvalue weighted by Crippen LogP contribution is -2.65. The Balaban J connectivity index is 1.27. The summed E-state index contributed by atoms with van der Waals surface area (Å²) < 4.78 is 50.9. The molecule has 0 amide bonds. The summed E-state index contributed by atoms with van der Waals surface area (Å²) in [5.41, 5.74) is 1.66. The third kappa shape index (κ3) is 4.29. The Bertz CT molecular complexity index is 1240. The molecule has 2 fully saturated rings. The molecule has 8 nitrogen and oxygen atoms in total. The summed E-state index contributed by atoms with van der Waals surface area (Å²) in [6, 6.07) is 4.87.